The fourth-order valence-corrected chi connectivity index (χ4v) is 1.61. The van der Waals surface area contributed by atoms with Crippen LogP contribution < -0.4 is 5.32 Å². The molecule has 3 nitrogen and oxygen atoms in total. The Kier molecular flexibility index (Phi) is 6.19. The van der Waals surface area contributed by atoms with Gasteiger partial charge in [-0.25, -0.2) is 0 Å². The third-order valence-electron chi connectivity index (χ3n) is 2.44. The van der Waals surface area contributed by atoms with Crippen LogP contribution in [0.25, 0.3) is 0 Å². The summed E-state index contributed by atoms with van der Waals surface area (Å²) in [4.78, 5) is 0. The number of ether oxygens (including phenoxy) is 1. The lowest BCUT2D eigenvalue weighted by molar-refractivity contribution is 0.0724. The molecule has 92 valence electrons. The van der Waals surface area contributed by atoms with Gasteiger partial charge in [-0.2, -0.15) is 0 Å². The van der Waals surface area contributed by atoms with Crippen molar-refractivity contribution >= 4 is 0 Å². The largest absolute Gasteiger partial charge is 0.377 e. The van der Waals surface area contributed by atoms with Crippen LogP contribution in [0.4, 0.5) is 0 Å². The van der Waals surface area contributed by atoms with Crippen LogP contribution in [0.15, 0.2) is 18.3 Å². The Hall–Kier alpha value is -0.800. The first-order valence-corrected chi connectivity index (χ1v) is 6.20. The summed E-state index contributed by atoms with van der Waals surface area (Å²) in [7, 11) is 0. The number of aromatic nitrogens is 1. The highest BCUT2D eigenvalue weighted by molar-refractivity contribution is 5.06. The first-order chi connectivity index (χ1) is 7.74. The van der Waals surface area contributed by atoms with Crippen molar-refractivity contribution in [2.24, 2.45) is 0 Å². The lowest BCUT2D eigenvalue weighted by atomic mass is 10.4. The second kappa shape index (κ2) is 7.47. The molecule has 0 radical (unpaired) electrons. The summed E-state index contributed by atoms with van der Waals surface area (Å²) >= 11 is 0. The fraction of sp³-hybridized carbons (Fsp3) is 0.692. The standard InChI is InChI=1S/C13H24N2O/c1-4-7-14-11-13-6-5-8-15(13)9-10-16-12(2)3/h5-6,8,12,14H,4,7,9-11H2,1-3H3. The highest BCUT2D eigenvalue weighted by atomic mass is 16.5. The molecule has 0 saturated heterocycles. The molecule has 16 heavy (non-hydrogen) atoms. The fourth-order valence-electron chi connectivity index (χ4n) is 1.61. The minimum atomic E-state index is 0.317. The lowest BCUT2D eigenvalue weighted by Crippen LogP contribution is -2.18. The van der Waals surface area contributed by atoms with Crippen molar-refractivity contribution in [3.8, 4) is 0 Å². The van der Waals surface area contributed by atoms with Crippen LogP contribution in [0.5, 0.6) is 0 Å². The van der Waals surface area contributed by atoms with Crippen molar-refractivity contribution in [2.75, 3.05) is 13.2 Å². The Balaban J connectivity index is 2.32. The van der Waals surface area contributed by atoms with Crippen molar-refractivity contribution in [3.63, 3.8) is 0 Å². The molecule has 0 unspecified atom stereocenters. The quantitative estimate of drug-likeness (QED) is 0.686. The van der Waals surface area contributed by atoms with E-state index < -0.39 is 0 Å². The van der Waals surface area contributed by atoms with Crippen molar-refractivity contribution in [2.45, 2.75) is 46.4 Å². The summed E-state index contributed by atoms with van der Waals surface area (Å²) in [5.74, 6) is 0. The average Bonchev–Trinajstić information content (AvgIpc) is 2.66. The highest BCUT2D eigenvalue weighted by Gasteiger charge is 2.00. The Morgan fingerprint density at radius 1 is 1.44 bits per heavy atom. The lowest BCUT2D eigenvalue weighted by Gasteiger charge is -2.12. The molecule has 0 atom stereocenters. The van der Waals surface area contributed by atoms with Gasteiger partial charge in [-0.3, -0.25) is 0 Å². The molecule has 1 rings (SSSR count). The van der Waals surface area contributed by atoms with Gasteiger partial charge in [0, 0.05) is 25.0 Å². The summed E-state index contributed by atoms with van der Waals surface area (Å²) < 4.78 is 7.81. The second-order valence-corrected chi connectivity index (χ2v) is 4.29. The summed E-state index contributed by atoms with van der Waals surface area (Å²) in [6.45, 7) is 10.1. The van der Waals surface area contributed by atoms with Gasteiger partial charge in [0.15, 0.2) is 0 Å². The number of nitrogens with one attached hydrogen (secondary N) is 1. The summed E-state index contributed by atoms with van der Waals surface area (Å²) in [5, 5.41) is 3.42. The first-order valence-electron chi connectivity index (χ1n) is 6.20. The zero-order valence-corrected chi connectivity index (χ0v) is 10.7. The van der Waals surface area contributed by atoms with E-state index in [-0.39, 0.29) is 0 Å². The molecular formula is C13H24N2O. The molecule has 1 aromatic rings. The first kappa shape index (κ1) is 13.3. The van der Waals surface area contributed by atoms with Crippen LogP contribution >= 0.6 is 0 Å². The molecule has 0 aliphatic rings. The van der Waals surface area contributed by atoms with Gasteiger partial charge in [-0.1, -0.05) is 6.92 Å². The van der Waals surface area contributed by atoms with E-state index in [9.17, 15) is 0 Å². The van der Waals surface area contributed by atoms with Gasteiger partial charge in [0.25, 0.3) is 0 Å². The Labute approximate surface area is 98.8 Å². The molecule has 0 amide bonds. The molecule has 0 bridgehead atoms. The average molecular weight is 224 g/mol. The molecule has 1 heterocycles. The van der Waals surface area contributed by atoms with Gasteiger partial charge in [0.2, 0.25) is 0 Å². The Morgan fingerprint density at radius 2 is 2.25 bits per heavy atom. The number of hydrogen-bond donors (Lipinski definition) is 1. The topological polar surface area (TPSA) is 26.2 Å². The van der Waals surface area contributed by atoms with Crippen molar-refractivity contribution in [1.82, 2.24) is 9.88 Å². The molecular weight excluding hydrogens is 200 g/mol. The maximum Gasteiger partial charge on any atom is 0.0649 e. The van der Waals surface area contributed by atoms with E-state index in [4.69, 9.17) is 4.74 Å². The number of hydrogen-bond acceptors (Lipinski definition) is 2. The minimum Gasteiger partial charge on any atom is -0.377 e. The molecule has 1 aromatic heterocycles. The highest BCUT2D eigenvalue weighted by Crippen LogP contribution is 2.02. The molecule has 0 aliphatic carbocycles. The second-order valence-electron chi connectivity index (χ2n) is 4.29. The number of nitrogens with zero attached hydrogens (tertiary/aromatic N) is 1. The smallest absolute Gasteiger partial charge is 0.0649 e. The van der Waals surface area contributed by atoms with E-state index in [1.807, 2.05) is 0 Å². The summed E-state index contributed by atoms with van der Waals surface area (Å²) in [6.07, 6.45) is 3.61. The normalized spacial score (nSPS) is 11.2. The molecule has 3 heteroatoms. The van der Waals surface area contributed by atoms with E-state index in [0.29, 0.717) is 6.10 Å². The minimum absolute atomic E-state index is 0.317. The maximum atomic E-state index is 5.55. The summed E-state index contributed by atoms with van der Waals surface area (Å²) in [5.41, 5.74) is 1.33. The molecule has 0 spiro atoms. The van der Waals surface area contributed by atoms with Crippen LogP contribution in [0.1, 0.15) is 32.9 Å². The van der Waals surface area contributed by atoms with Crippen molar-refractivity contribution in [3.05, 3.63) is 24.0 Å². The van der Waals surface area contributed by atoms with Crippen molar-refractivity contribution < 1.29 is 4.74 Å². The maximum absolute atomic E-state index is 5.55. The Bertz CT molecular complexity index is 281. The summed E-state index contributed by atoms with van der Waals surface area (Å²) in [6, 6.07) is 4.26. The molecule has 0 aliphatic heterocycles. The third kappa shape index (κ3) is 4.81. The predicted molar refractivity (Wildman–Crippen MR) is 67.5 cm³/mol. The van der Waals surface area contributed by atoms with Crippen LogP contribution in [-0.4, -0.2) is 23.8 Å². The van der Waals surface area contributed by atoms with E-state index in [0.717, 1.165) is 26.2 Å². The monoisotopic (exact) mass is 224 g/mol. The SMILES string of the molecule is CCCNCc1cccn1CCOC(C)C. The van der Waals surface area contributed by atoms with Crippen LogP contribution in [0.2, 0.25) is 0 Å². The van der Waals surface area contributed by atoms with Gasteiger partial charge < -0.3 is 14.6 Å². The zero-order valence-electron chi connectivity index (χ0n) is 10.7. The third-order valence-corrected chi connectivity index (χ3v) is 2.44. The Morgan fingerprint density at radius 3 is 2.94 bits per heavy atom. The van der Waals surface area contributed by atoms with Gasteiger partial charge in [-0.05, 0) is 38.9 Å². The van der Waals surface area contributed by atoms with E-state index in [1.165, 1.54) is 12.1 Å². The van der Waals surface area contributed by atoms with E-state index >= 15 is 0 Å². The van der Waals surface area contributed by atoms with Crippen molar-refractivity contribution in [1.29, 1.82) is 0 Å². The molecule has 0 aromatic carbocycles. The van der Waals surface area contributed by atoms with Gasteiger partial charge >= 0.3 is 0 Å². The van der Waals surface area contributed by atoms with E-state index in [2.05, 4.69) is 49.0 Å². The number of rotatable bonds is 8. The predicted octanol–water partition coefficient (Wildman–Crippen LogP) is 2.41. The van der Waals surface area contributed by atoms with Crippen LogP contribution in [0, 0.1) is 0 Å². The molecule has 0 fully saturated rings. The zero-order chi connectivity index (χ0) is 11.8. The van der Waals surface area contributed by atoms with Gasteiger partial charge in [0.1, 0.15) is 0 Å². The van der Waals surface area contributed by atoms with Crippen LogP contribution in [-0.2, 0) is 17.8 Å². The van der Waals surface area contributed by atoms with Gasteiger partial charge in [-0.15, -0.1) is 0 Å². The molecule has 0 saturated carbocycles. The van der Waals surface area contributed by atoms with E-state index in [1.54, 1.807) is 0 Å². The van der Waals surface area contributed by atoms with Crippen LogP contribution in [0.3, 0.4) is 0 Å². The van der Waals surface area contributed by atoms with Gasteiger partial charge in [0.05, 0.1) is 12.7 Å². The molecule has 1 N–H and O–H groups in total.